The minimum absolute atomic E-state index is 0.121. The molecule has 0 radical (unpaired) electrons. The van der Waals surface area contributed by atoms with Crippen LogP contribution in [0.3, 0.4) is 0 Å². The van der Waals surface area contributed by atoms with Crippen LogP contribution in [0.15, 0.2) is 42.5 Å². The predicted octanol–water partition coefficient (Wildman–Crippen LogP) is 3.45. The van der Waals surface area contributed by atoms with Gasteiger partial charge in [-0.2, -0.15) is 0 Å². The lowest BCUT2D eigenvalue weighted by atomic mass is 10.1. The average Bonchev–Trinajstić information content (AvgIpc) is 2.84. The highest BCUT2D eigenvalue weighted by atomic mass is 35.5. The van der Waals surface area contributed by atoms with Crippen molar-refractivity contribution in [2.75, 3.05) is 0 Å². The number of aryl methyl sites for hydroxylation is 1. The summed E-state index contributed by atoms with van der Waals surface area (Å²) < 4.78 is 0. The number of hydrogen-bond acceptors (Lipinski definition) is 2. The molecule has 106 valence electrons. The van der Waals surface area contributed by atoms with E-state index in [1.54, 1.807) is 12.1 Å². The number of carbonyl (C=O) groups is 1. The molecule has 0 aliphatic carbocycles. The first-order valence-electron chi connectivity index (χ1n) is 6.61. The molecule has 2 aromatic carbocycles. The quantitative estimate of drug-likeness (QED) is 0.778. The second kappa shape index (κ2) is 5.58. The number of hydrogen-bond donors (Lipinski definition) is 2. The minimum Gasteiger partial charge on any atom is -0.348 e. The highest BCUT2D eigenvalue weighted by molar-refractivity contribution is 6.30. The van der Waals surface area contributed by atoms with E-state index >= 15 is 0 Å². The van der Waals surface area contributed by atoms with E-state index in [0.29, 0.717) is 17.1 Å². The number of aromatic amines is 1. The Morgan fingerprint density at radius 3 is 2.95 bits per heavy atom. The first-order valence-corrected chi connectivity index (χ1v) is 6.98. The summed E-state index contributed by atoms with van der Waals surface area (Å²) in [7, 11) is 0. The van der Waals surface area contributed by atoms with Gasteiger partial charge in [0.15, 0.2) is 0 Å². The van der Waals surface area contributed by atoms with Crippen molar-refractivity contribution >= 4 is 28.5 Å². The number of benzene rings is 2. The first kappa shape index (κ1) is 13.6. The van der Waals surface area contributed by atoms with Crippen LogP contribution in [0.1, 0.15) is 21.7 Å². The van der Waals surface area contributed by atoms with E-state index in [1.807, 2.05) is 37.3 Å². The molecule has 1 amide bonds. The van der Waals surface area contributed by atoms with E-state index in [1.165, 1.54) is 0 Å². The number of imidazole rings is 1. The maximum absolute atomic E-state index is 12.2. The molecular formula is C16H14ClN3O. The van der Waals surface area contributed by atoms with Crippen LogP contribution in [0.2, 0.25) is 5.02 Å². The predicted molar refractivity (Wildman–Crippen MR) is 83.5 cm³/mol. The second-order valence-electron chi connectivity index (χ2n) is 4.87. The number of aromatic nitrogens is 2. The van der Waals surface area contributed by atoms with Crippen LogP contribution >= 0.6 is 11.6 Å². The van der Waals surface area contributed by atoms with Crippen LogP contribution < -0.4 is 5.32 Å². The number of amides is 1. The molecule has 4 nitrogen and oxygen atoms in total. The summed E-state index contributed by atoms with van der Waals surface area (Å²) in [4.78, 5) is 19.6. The minimum atomic E-state index is -0.121. The third-order valence-electron chi connectivity index (χ3n) is 3.20. The number of fused-ring (bicyclic) bond motifs is 1. The Balaban J connectivity index is 1.74. The van der Waals surface area contributed by atoms with Crippen molar-refractivity contribution in [1.82, 2.24) is 15.3 Å². The summed E-state index contributed by atoms with van der Waals surface area (Å²) >= 11 is 5.92. The van der Waals surface area contributed by atoms with Crippen molar-refractivity contribution in [3.05, 3.63) is 64.4 Å². The Morgan fingerprint density at radius 1 is 1.29 bits per heavy atom. The fourth-order valence-corrected chi connectivity index (χ4v) is 2.42. The van der Waals surface area contributed by atoms with E-state index in [-0.39, 0.29) is 5.91 Å². The Morgan fingerprint density at radius 2 is 2.14 bits per heavy atom. The number of nitrogens with one attached hydrogen (secondary N) is 2. The van der Waals surface area contributed by atoms with Crippen LogP contribution in [0.4, 0.5) is 0 Å². The molecule has 3 aromatic rings. The zero-order valence-electron chi connectivity index (χ0n) is 11.5. The molecule has 1 aromatic heterocycles. The molecule has 0 aliphatic rings. The highest BCUT2D eigenvalue weighted by Gasteiger charge is 2.08. The summed E-state index contributed by atoms with van der Waals surface area (Å²) in [5.41, 5.74) is 3.30. The highest BCUT2D eigenvalue weighted by Crippen LogP contribution is 2.14. The summed E-state index contributed by atoms with van der Waals surface area (Å²) in [5.74, 6) is 0.714. The summed E-state index contributed by atoms with van der Waals surface area (Å²) in [6.45, 7) is 2.33. The van der Waals surface area contributed by atoms with E-state index < -0.39 is 0 Å². The molecular weight excluding hydrogens is 286 g/mol. The molecule has 21 heavy (non-hydrogen) atoms. The largest absolute Gasteiger partial charge is 0.348 e. The van der Waals surface area contributed by atoms with Gasteiger partial charge in [-0.1, -0.05) is 23.7 Å². The first-order chi connectivity index (χ1) is 10.1. The molecule has 0 aliphatic heterocycles. The van der Waals surface area contributed by atoms with Gasteiger partial charge >= 0.3 is 0 Å². The molecule has 0 fully saturated rings. The Kier molecular flexibility index (Phi) is 3.62. The average molecular weight is 300 g/mol. The van der Waals surface area contributed by atoms with Crippen molar-refractivity contribution in [2.45, 2.75) is 13.5 Å². The van der Waals surface area contributed by atoms with Crippen LogP contribution in [0.25, 0.3) is 11.0 Å². The molecule has 0 saturated carbocycles. The maximum atomic E-state index is 12.2. The van der Waals surface area contributed by atoms with Gasteiger partial charge in [0.25, 0.3) is 5.91 Å². The van der Waals surface area contributed by atoms with Gasteiger partial charge in [-0.05, 0) is 42.8 Å². The standard InChI is InChI=1S/C16H14ClN3O/c1-10-19-14-6-5-12(8-15(14)20-10)16(21)18-9-11-3-2-4-13(17)7-11/h2-8H,9H2,1H3,(H,18,21)(H,19,20). The molecule has 0 atom stereocenters. The van der Waals surface area contributed by atoms with E-state index in [0.717, 1.165) is 22.4 Å². The molecule has 3 rings (SSSR count). The number of H-pyrrole nitrogens is 1. The fourth-order valence-electron chi connectivity index (χ4n) is 2.21. The van der Waals surface area contributed by atoms with Crippen LogP contribution in [0.5, 0.6) is 0 Å². The maximum Gasteiger partial charge on any atom is 0.251 e. The number of rotatable bonds is 3. The number of halogens is 1. The SMILES string of the molecule is Cc1nc2ccc(C(=O)NCc3cccc(Cl)c3)cc2[nH]1. The Bertz CT molecular complexity index is 810. The monoisotopic (exact) mass is 299 g/mol. The molecule has 1 heterocycles. The third kappa shape index (κ3) is 3.06. The number of carbonyl (C=O) groups excluding carboxylic acids is 1. The van der Waals surface area contributed by atoms with Crippen molar-refractivity contribution in [3.8, 4) is 0 Å². The lowest BCUT2D eigenvalue weighted by Crippen LogP contribution is -2.22. The van der Waals surface area contributed by atoms with Crippen molar-refractivity contribution in [3.63, 3.8) is 0 Å². The van der Waals surface area contributed by atoms with Crippen molar-refractivity contribution in [2.24, 2.45) is 0 Å². The van der Waals surface area contributed by atoms with Gasteiger partial charge in [-0.3, -0.25) is 4.79 Å². The van der Waals surface area contributed by atoms with Crippen LogP contribution in [0, 0.1) is 6.92 Å². The summed E-state index contributed by atoms with van der Waals surface area (Å²) in [6.07, 6.45) is 0. The van der Waals surface area contributed by atoms with Gasteiger partial charge in [0.2, 0.25) is 0 Å². The smallest absolute Gasteiger partial charge is 0.251 e. The summed E-state index contributed by atoms with van der Waals surface area (Å²) in [6, 6.07) is 12.9. The van der Waals surface area contributed by atoms with Gasteiger partial charge in [0.05, 0.1) is 11.0 Å². The number of nitrogens with zero attached hydrogens (tertiary/aromatic N) is 1. The second-order valence-corrected chi connectivity index (χ2v) is 5.30. The Hall–Kier alpha value is -2.33. The molecule has 2 N–H and O–H groups in total. The van der Waals surface area contributed by atoms with E-state index in [2.05, 4.69) is 15.3 Å². The van der Waals surface area contributed by atoms with Crippen molar-refractivity contribution < 1.29 is 4.79 Å². The molecule has 0 saturated heterocycles. The zero-order valence-corrected chi connectivity index (χ0v) is 12.2. The van der Waals surface area contributed by atoms with Crippen molar-refractivity contribution in [1.29, 1.82) is 0 Å². The van der Waals surface area contributed by atoms with Gasteiger partial charge in [0, 0.05) is 17.1 Å². The van der Waals surface area contributed by atoms with Gasteiger partial charge < -0.3 is 10.3 Å². The Labute approximate surface area is 127 Å². The van der Waals surface area contributed by atoms with Crippen LogP contribution in [-0.2, 0) is 6.54 Å². The van der Waals surface area contributed by atoms with E-state index in [4.69, 9.17) is 11.6 Å². The molecule has 0 spiro atoms. The molecule has 5 heteroatoms. The third-order valence-corrected chi connectivity index (χ3v) is 3.44. The lowest BCUT2D eigenvalue weighted by Gasteiger charge is -2.06. The lowest BCUT2D eigenvalue weighted by molar-refractivity contribution is 0.0951. The van der Waals surface area contributed by atoms with Crippen LogP contribution in [-0.4, -0.2) is 15.9 Å². The van der Waals surface area contributed by atoms with E-state index in [9.17, 15) is 4.79 Å². The normalized spacial score (nSPS) is 10.8. The topological polar surface area (TPSA) is 57.8 Å². The van der Waals surface area contributed by atoms with Gasteiger partial charge in [-0.15, -0.1) is 0 Å². The zero-order chi connectivity index (χ0) is 14.8. The van der Waals surface area contributed by atoms with Gasteiger partial charge in [0.1, 0.15) is 5.82 Å². The fraction of sp³-hybridized carbons (Fsp3) is 0.125. The van der Waals surface area contributed by atoms with Gasteiger partial charge in [-0.25, -0.2) is 4.98 Å². The molecule has 0 unspecified atom stereocenters. The summed E-state index contributed by atoms with van der Waals surface area (Å²) in [5, 5.41) is 3.55. The molecule has 0 bridgehead atoms.